The fraction of sp³-hybridized carbons (Fsp3) is 0.294. The molecule has 0 amide bonds. The molecular weight excluding hydrogens is 234 g/mol. The predicted molar refractivity (Wildman–Crippen MR) is 78.3 cm³/mol. The summed E-state index contributed by atoms with van der Waals surface area (Å²) in [5.41, 5.74) is 10.7. The van der Waals surface area contributed by atoms with Gasteiger partial charge in [-0.2, -0.15) is 0 Å². The van der Waals surface area contributed by atoms with E-state index in [9.17, 15) is 0 Å². The molecule has 0 saturated heterocycles. The standard InChI is InChI=1S/C17H19NO/c1-17(2)11-19-16-7-6-14(9-15(16)17)13-5-3-4-12(8-13)10-18/h3-9H,10-11,18H2,1-2H3. The summed E-state index contributed by atoms with van der Waals surface area (Å²) >= 11 is 0. The predicted octanol–water partition coefficient (Wildman–Crippen LogP) is 3.48. The van der Waals surface area contributed by atoms with Crippen LogP contribution in [0.1, 0.15) is 25.0 Å². The summed E-state index contributed by atoms with van der Waals surface area (Å²) < 4.78 is 5.73. The molecule has 1 heterocycles. The van der Waals surface area contributed by atoms with E-state index in [1.165, 1.54) is 16.7 Å². The van der Waals surface area contributed by atoms with Gasteiger partial charge in [0.05, 0.1) is 6.61 Å². The molecule has 0 spiro atoms. The van der Waals surface area contributed by atoms with Gasteiger partial charge in [-0.25, -0.2) is 0 Å². The van der Waals surface area contributed by atoms with Gasteiger partial charge in [0, 0.05) is 17.5 Å². The monoisotopic (exact) mass is 253 g/mol. The lowest BCUT2D eigenvalue weighted by Gasteiger charge is -2.16. The second-order valence-electron chi connectivity index (χ2n) is 5.79. The van der Waals surface area contributed by atoms with Crippen molar-refractivity contribution < 1.29 is 4.74 Å². The van der Waals surface area contributed by atoms with Gasteiger partial charge in [-0.1, -0.05) is 38.1 Å². The maximum atomic E-state index is 5.73. The Bertz CT molecular complexity index is 616. The van der Waals surface area contributed by atoms with Crippen LogP contribution >= 0.6 is 0 Å². The number of ether oxygens (including phenoxy) is 1. The molecule has 98 valence electrons. The minimum absolute atomic E-state index is 0.0941. The van der Waals surface area contributed by atoms with Crippen molar-refractivity contribution in [3.05, 3.63) is 53.6 Å². The number of nitrogens with two attached hydrogens (primary N) is 1. The van der Waals surface area contributed by atoms with E-state index >= 15 is 0 Å². The lowest BCUT2D eigenvalue weighted by Crippen LogP contribution is -2.18. The SMILES string of the molecule is CC1(C)COc2ccc(-c3cccc(CN)c3)cc21. The van der Waals surface area contributed by atoms with Crippen LogP contribution in [0.2, 0.25) is 0 Å². The Kier molecular flexibility index (Phi) is 2.83. The van der Waals surface area contributed by atoms with Crippen LogP contribution in [0.3, 0.4) is 0 Å². The van der Waals surface area contributed by atoms with Crippen LogP contribution in [-0.4, -0.2) is 6.61 Å². The van der Waals surface area contributed by atoms with E-state index in [1.54, 1.807) is 0 Å². The van der Waals surface area contributed by atoms with Gasteiger partial charge in [-0.3, -0.25) is 0 Å². The highest BCUT2D eigenvalue weighted by Crippen LogP contribution is 2.40. The number of benzene rings is 2. The van der Waals surface area contributed by atoms with E-state index in [4.69, 9.17) is 10.5 Å². The summed E-state index contributed by atoms with van der Waals surface area (Å²) in [5.74, 6) is 1.02. The molecule has 0 aromatic heterocycles. The van der Waals surface area contributed by atoms with Gasteiger partial charge < -0.3 is 10.5 Å². The van der Waals surface area contributed by atoms with Gasteiger partial charge in [0.1, 0.15) is 5.75 Å². The average molecular weight is 253 g/mol. The minimum atomic E-state index is 0.0941. The van der Waals surface area contributed by atoms with Crippen molar-refractivity contribution in [2.75, 3.05) is 6.61 Å². The summed E-state index contributed by atoms with van der Waals surface area (Å²) in [4.78, 5) is 0. The average Bonchev–Trinajstić information content (AvgIpc) is 2.74. The molecule has 0 unspecified atom stereocenters. The molecular formula is C17H19NO. The van der Waals surface area contributed by atoms with Gasteiger partial charge in [-0.15, -0.1) is 0 Å². The van der Waals surface area contributed by atoms with E-state index in [0.717, 1.165) is 17.9 Å². The Labute approximate surface area is 114 Å². The summed E-state index contributed by atoms with van der Waals surface area (Å²) in [6.07, 6.45) is 0. The van der Waals surface area contributed by atoms with Crippen molar-refractivity contribution in [2.24, 2.45) is 5.73 Å². The first-order chi connectivity index (χ1) is 9.10. The third-order valence-corrected chi connectivity index (χ3v) is 3.79. The number of fused-ring (bicyclic) bond motifs is 1. The van der Waals surface area contributed by atoms with Gasteiger partial charge in [0.2, 0.25) is 0 Å². The molecule has 2 heteroatoms. The fourth-order valence-electron chi connectivity index (χ4n) is 2.58. The third-order valence-electron chi connectivity index (χ3n) is 3.79. The summed E-state index contributed by atoms with van der Waals surface area (Å²) in [6.45, 7) is 5.78. The molecule has 2 N–H and O–H groups in total. The summed E-state index contributed by atoms with van der Waals surface area (Å²) in [7, 11) is 0. The van der Waals surface area contributed by atoms with Crippen LogP contribution in [-0.2, 0) is 12.0 Å². The van der Waals surface area contributed by atoms with Crippen LogP contribution in [0.25, 0.3) is 11.1 Å². The maximum Gasteiger partial charge on any atom is 0.123 e. The summed E-state index contributed by atoms with van der Waals surface area (Å²) in [5, 5.41) is 0. The zero-order chi connectivity index (χ0) is 13.5. The molecule has 2 aromatic rings. The smallest absolute Gasteiger partial charge is 0.123 e. The Morgan fingerprint density at radius 2 is 1.89 bits per heavy atom. The highest BCUT2D eigenvalue weighted by atomic mass is 16.5. The van der Waals surface area contributed by atoms with Crippen molar-refractivity contribution in [3.63, 3.8) is 0 Å². The highest BCUT2D eigenvalue weighted by Gasteiger charge is 2.31. The Morgan fingerprint density at radius 3 is 2.68 bits per heavy atom. The Hall–Kier alpha value is -1.80. The minimum Gasteiger partial charge on any atom is -0.492 e. The lowest BCUT2D eigenvalue weighted by atomic mass is 9.85. The molecule has 3 rings (SSSR count). The highest BCUT2D eigenvalue weighted by molar-refractivity contribution is 5.67. The molecule has 2 nitrogen and oxygen atoms in total. The fourth-order valence-corrected chi connectivity index (χ4v) is 2.58. The van der Waals surface area contributed by atoms with Gasteiger partial charge in [0.25, 0.3) is 0 Å². The van der Waals surface area contributed by atoms with Crippen molar-refractivity contribution in [1.82, 2.24) is 0 Å². The number of hydrogen-bond donors (Lipinski definition) is 1. The van der Waals surface area contributed by atoms with Gasteiger partial charge in [0.15, 0.2) is 0 Å². The number of hydrogen-bond acceptors (Lipinski definition) is 2. The normalized spacial score (nSPS) is 15.9. The summed E-state index contributed by atoms with van der Waals surface area (Å²) in [6, 6.07) is 14.9. The van der Waals surface area contributed by atoms with E-state index in [1.807, 2.05) is 0 Å². The second-order valence-corrected chi connectivity index (χ2v) is 5.79. The van der Waals surface area contributed by atoms with Gasteiger partial charge >= 0.3 is 0 Å². The molecule has 0 saturated carbocycles. The molecule has 0 atom stereocenters. The Morgan fingerprint density at radius 1 is 1.11 bits per heavy atom. The van der Waals surface area contributed by atoms with Crippen LogP contribution in [0.4, 0.5) is 0 Å². The Balaban J connectivity index is 2.07. The first-order valence-corrected chi connectivity index (χ1v) is 6.67. The molecule has 0 radical (unpaired) electrons. The first-order valence-electron chi connectivity index (χ1n) is 6.67. The van der Waals surface area contributed by atoms with Crippen LogP contribution in [0, 0.1) is 0 Å². The van der Waals surface area contributed by atoms with Crippen molar-refractivity contribution in [3.8, 4) is 16.9 Å². The molecule has 0 fully saturated rings. The third kappa shape index (κ3) is 2.13. The maximum absolute atomic E-state index is 5.73. The zero-order valence-corrected chi connectivity index (χ0v) is 11.4. The molecule has 1 aliphatic heterocycles. The van der Waals surface area contributed by atoms with Crippen LogP contribution < -0.4 is 10.5 Å². The van der Waals surface area contributed by atoms with Crippen LogP contribution in [0.15, 0.2) is 42.5 Å². The molecule has 0 bridgehead atoms. The van der Waals surface area contributed by atoms with Crippen molar-refractivity contribution >= 4 is 0 Å². The number of rotatable bonds is 2. The van der Waals surface area contributed by atoms with Crippen molar-refractivity contribution in [1.29, 1.82) is 0 Å². The quantitative estimate of drug-likeness (QED) is 0.889. The van der Waals surface area contributed by atoms with E-state index in [-0.39, 0.29) is 5.41 Å². The zero-order valence-electron chi connectivity index (χ0n) is 11.4. The van der Waals surface area contributed by atoms with Gasteiger partial charge in [-0.05, 0) is 34.9 Å². The molecule has 0 aliphatic carbocycles. The van der Waals surface area contributed by atoms with E-state index in [2.05, 4.69) is 56.3 Å². The largest absolute Gasteiger partial charge is 0.492 e. The topological polar surface area (TPSA) is 35.2 Å². The van der Waals surface area contributed by atoms with E-state index in [0.29, 0.717) is 6.54 Å². The molecule has 2 aromatic carbocycles. The molecule has 19 heavy (non-hydrogen) atoms. The van der Waals surface area contributed by atoms with E-state index < -0.39 is 0 Å². The van der Waals surface area contributed by atoms with Crippen molar-refractivity contribution in [2.45, 2.75) is 25.8 Å². The van der Waals surface area contributed by atoms with Crippen LogP contribution in [0.5, 0.6) is 5.75 Å². The first kappa shape index (κ1) is 12.2. The lowest BCUT2D eigenvalue weighted by molar-refractivity contribution is 0.291. The molecule has 1 aliphatic rings. The second kappa shape index (κ2) is 4.39.